The van der Waals surface area contributed by atoms with Crippen molar-refractivity contribution in [3.63, 3.8) is 0 Å². The van der Waals surface area contributed by atoms with Gasteiger partial charge in [-0.2, -0.15) is 0 Å². The third-order valence-electron chi connectivity index (χ3n) is 0.937. The Morgan fingerprint density at radius 3 is 2.17 bits per heavy atom. The minimum atomic E-state index is -0.381. The Morgan fingerprint density at radius 2 is 1.92 bits per heavy atom. The van der Waals surface area contributed by atoms with Gasteiger partial charge in [0.15, 0.2) is 0 Å². The normalized spacial score (nSPS) is 9.42. The molecular formula is C10H15ClO. The molecule has 68 valence electrons. The molecule has 12 heavy (non-hydrogen) atoms. The molecule has 0 aliphatic carbocycles. The second-order valence-corrected chi connectivity index (χ2v) is 2.13. The smallest absolute Gasteiger partial charge is 0.226 e. The first-order valence-corrected chi connectivity index (χ1v) is 4.21. The van der Waals surface area contributed by atoms with Gasteiger partial charge >= 0.3 is 0 Å². The molecule has 0 saturated heterocycles. The molecule has 0 aliphatic heterocycles. The molecule has 0 amide bonds. The van der Waals surface area contributed by atoms with Gasteiger partial charge in [-0.1, -0.05) is 45.2 Å². The third kappa shape index (κ3) is 9.18. The van der Waals surface area contributed by atoms with Gasteiger partial charge in [0.2, 0.25) is 5.24 Å². The van der Waals surface area contributed by atoms with Crippen molar-refractivity contribution in [1.29, 1.82) is 0 Å². The maximum atomic E-state index is 10.3. The van der Waals surface area contributed by atoms with Crippen LogP contribution in [0.5, 0.6) is 0 Å². The summed E-state index contributed by atoms with van der Waals surface area (Å²) in [6.07, 6.45) is 5.10. The molecule has 0 heterocycles. The van der Waals surface area contributed by atoms with Crippen molar-refractivity contribution >= 4 is 16.8 Å². The number of allylic oxidation sites excluding steroid dienone is 4. The van der Waals surface area contributed by atoms with Gasteiger partial charge < -0.3 is 0 Å². The minimum absolute atomic E-state index is 0.219. The first kappa shape index (κ1) is 13.7. The standard InChI is InChI=1S/C8H9ClO.C2H6/c1-3-5-7(4-2)6-8(9)10;1-2/h3-5H,1-2,6H2;1-2H3/b7-5+;. The van der Waals surface area contributed by atoms with Gasteiger partial charge in [0.1, 0.15) is 0 Å². The molecule has 0 aromatic rings. The van der Waals surface area contributed by atoms with E-state index in [0.29, 0.717) is 0 Å². The van der Waals surface area contributed by atoms with E-state index in [9.17, 15) is 4.79 Å². The molecule has 0 saturated carbocycles. The predicted molar refractivity (Wildman–Crippen MR) is 55.3 cm³/mol. The van der Waals surface area contributed by atoms with Crippen molar-refractivity contribution in [2.75, 3.05) is 0 Å². The van der Waals surface area contributed by atoms with Crippen molar-refractivity contribution in [3.05, 3.63) is 37.0 Å². The number of hydrogen-bond acceptors (Lipinski definition) is 1. The van der Waals surface area contributed by atoms with E-state index in [1.54, 1.807) is 18.2 Å². The quantitative estimate of drug-likeness (QED) is 0.486. The summed E-state index contributed by atoms with van der Waals surface area (Å²) in [4.78, 5) is 10.3. The first-order chi connectivity index (χ1) is 5.70. The Labute approximate surface area is 79.4 Å². The summed E-state index contributed by atoms with van der Waals surface area (Å²) in [5.74, 6) is 0. The molecule has 0 spiro atoms. The van der Waals surface area contributed by atoms with E-state index < -0.39 is 0 Å². The summed E-state index contributed by atoms with van der Waals surface area (Å²) in [6.45, 7) is 11.0. The van der Waals surface area contributed by atoms with Crippen molar-refractivity contribution in [1.82, 2.24) is 0 Å². The highest BCUT2D eigenvalue weighted by atomic mass is 35.5. The van der Waals surface area contributed by atoms with Crippen LogP contribution in [0.15, 0.2) is 37.0 Å². The van der Waals surface area contributed by atoms with Crippen molar-refractivity contribution in [3.8, 4) is 0 Å². The maximum absolute atomic E-state index is 10.3. The van der Waals surface area contributed by atoms with Gasteiger partial charge in [0, 0.05) is 6.42 Å². The summed E-state index contributed by atoms with van der Waals surface area (Å²) >= 11 is 5.13. The largest absolute Gasteiger partial charge is 0.281 e. The Hall–Kier alpha value is -0.820. The van der Waals surface area contributed by atoms with Gasteiger partial charge in [-0.15, -0.1) is 0 Å². The van der Waals surface area contributed by atoms with Gasteiger partial charge in [-0.3, -0.25) is 4.79 Å². The highest BCUT2D eigenvalue weighted by molar-refractivity contribution is 6.63. The zero-order chi connectivity index (χ0) is 9.98. The Bertz CT molecular complexity index is 180. The summed E-state index contributed by atoms with van der Waals surface area (Å²) < 4.78 is 0. The number of carbonyl (C=O) groups excluding carboxylic acids is 1. The number of carbonyl (C=O) groups is 1. The van der Waals surface area contributed by atoms with Crippen molar-refractivity contribution < 1.29 is 4.79 Å². The van der Waals surface area contributed by atoms with E-state index in [2.05, 4.69) is 13.2 Å². The molecular weight excluding hydrogens is 172 g/mol. The average molecular weight is 187 g/mol. The molecule has 0 rings (SSSR count). The van der Waals surface area contributed by atoms with Crippen LogP contribution in [0, 0.1) is 0 Å². The lowest BCUT2D eigenvalue weighted by Crippen LogP contribution is -1.86. The molecule has 0 unspecified atom stereocenters. The topological polar surface area (TPSA) is 17.1 Å². The number of halogens is 1. The molecule has 0 aromatic carbocycles. The average Bonchev–Trinajstić information content (AvgIpc) is 2.07. The van der Waals surface area contributed by atoms with Crippen molar-refractivity contribution in [2.24, 2.45) is 0 Å². The number of hydrogen-bond donors (Lipinski definition) is 0. The molecule has 2 heteroatoms. The summed E-state index contributed by atoms with van der Waals surface area (Å²) in [6, 6.07) is 0. The first-order valence-electron chi connectivity index (χ1n) is 3.83. The second-order valence-electron chi connectivity index (χ2n) is 1.71. The summed E-state index contributed by atoms with van der Waals surface area (Å²) in [7, 11) is 0. The molecule has 0 aliphatic rings. The molecule has 0 atom stereocenters. The Balaban J connectivity index is 0. The van der Waals surface area contributed by atoms with Crippen LogP contribution in [0.4, 0.5) is 0 Å². The van der Waals surface area contributed by atoms with Crippen LogP contribution >= 0.6 is 11.6 Å². The zero-order valence-corrected chi connectivity index (χ0v) is 8.40. The van der Waals surface area contributed by atoms with E-state index in [1.165, 1.54) is 0 Å². The fourth-order valence-corrected chi connectivity index (χ4v) is 0.665. The molecule has 0 fully saturated rings. The third-order valence-corrected chi connectivity index (χ3v) is 1.07. The zero-order valence-electron chi connectivity index (χ0n) is 7.64. The van der Waals surface area contributed by atoms with Crippen LogP contribution in [0.1, 0.15) is 20.3 Å². The lowest BCUT2D eigenvalue weighted by molar-refractivity contribution is -0.111. The van der Waals surface area contributed by atoms with E-state index >= 15 is 0 Å². The SMILES string of the molecule is C=C/C=C(\C=C)CC(=O)Cl.CC. The van der Waals surface area contributed by atoms with Gasteiger partial charge in [0.05, 0.1) is 0 Å². The van der Waals surface area contributed by atoms with Crippen LogP contribution in [-0.4, -0.2) is 5.24 Å². The van der Waals surface area contributed by atoms with Crippen LogP contribution in [-0.2, 0) is 4.79 Å². The van der Waals surface area contributed by atoms with E-state index in [0.717, 1.165) is 5.57 Å². The fourth-order valence-electron chi connectivity index (χ4n) is 0.511. The lowest BCUT2D eigenvalue weighted by Gasteiger charge is -1.92. The van der Waals surface area contributed by atoms with Gasteiger partial charge in [0.25, 0.3) is 0 Å². The Morgan fingerprint density at radius 1 is 1.42 bits per heavy atom. The maximum Gasteiger partial charge on any atom is 0.226 e. The summed E-state index contributed by atoms with van der Waals surface area (Å²) in [5.41, 5.74) is 0.787. The van der Waals surface area contributed by atoms with E-state index in [1.807, 2.05) is 13.8 Å². The minimum Gasteiger partial charge on any atom is -0.281 e. The van der Waals surface area contributed by atoms with E-state index in [4.69, 9.17) is 11.6 Å². The van der Waals surface area contributed by atoms with Gasteiger partial charge in [-0.25, -0.2) is 0 Å². The van der Waals surface area contributed by atoms with Crippen LogP contribution in [0.25, 0.3) is 0 Å². The molecule has 1 nitrogen and oxygen atoms in total. The molecule has 0 bridgehead atoms. The van der Waals surface area contributed by atoms with Crippen LogP contribution in [0.3, 0.4) is 0 Å². The highest BCUT2D eigenvalue weighted by Crippen LogP contribution is 2.04. The fraction of sp³-hybridized carbons (Fsp3) is 0.300. The highest BCUT2D eigenvalue weighted by Gasteiger charge is 1.96. The molecule has 0 N–H and O–H groups in total. The molecule has 0 aromatic heterocycles. The second kappa shape index (κ2) is 10.2. The molecule has 0 radical (unpaired) electrons. The van der Waals surface area contributed by atoms with Crippen LogP contribution in [0.2, 0.25) is 0 Å². The Kier molecular flexibility index (Phi) is 11.7. The summed E-state index contributed by atoms with van der Waals surface area (Å²) in [5, 5.41) is -0.381. The monoisotopic (exact) mass is 186 g/mol. The van der Waals surface area contributed by atoms with Crippen LogP contribution < -0.4 is 0 Å². The van der Waals surface area contributed by atoms with E-state index in [-0.39, 0.29) is 11.7 Å². The van der Waals surface area contributed by atoms with Gasteiger partial charge in [-0.05, 0) is 17.2 Å². The lowest BCUT2D eigenvalue weighted by atomic mass is 10.2. The van der Waals surface area contributed by atoms with Crippen molar-refractivity contribution in [2.45, 2.75) is 20.3 Å². The number of rotatable bonds is 4. The predicted octanol–water partition coefficient (Wildman–Crippen LogP) is 3.47.